The molecule has 0 amide bonds. The van der Waals surface area contributed by atoms with E-state index in [1.54, 1.807) is 0 Å². The van der Waals surface area contributed by atoms with Crippen molar-refractivity contribution < 1.29 is 10.2 Å². The van der Waals surface area contributed by atoms with Gasteiger partial charge in [-0.15, -0.1) is 0 Å². The lowest BCUT2D eigenvalue weighted by Crippen LogP contribution is -2.32. The molecule has 5 nitrogen and oxygen atoms in total. The predicted octanol–water partition coefficient (Wildman–Crippen LogP) is 0.797. The van der Waals surface area contributed by atoms with E-state index in [4.69, 9.17) is 16.7 Å². The molecule has 0 radical (unpaired) electrons. The molecule has 1 atom stereocenters. The highest BCUT2D eigenvalue weighted by atomic mass is 35.5. The van der Waals surface area contributed by atoms with Gasteiger partial charge in [-0.05, 0) is 24.4 Å². The molecule has 1 aromatic heterocycles. The summed E-state index contributed by atoms with van der Waals surface area (Å²) in [4.78, 5) is 9.51. The molecule has 1 saturated heterocycles. The predicted molar refractivity (Wildman–Crippen MR) is 56.2 cm³/mol. The van der Waals surface area contributed by atoms with Crippen molar-refractivity contribution in [2.24, 2.45) is 0 Å². The van der Waals surface area contributed by atoms with Gasteiger partial charge in [0, 0.05) is 6.54 Å². The van der Waals surface area contributed by atoms with Gasteiger partial charge < -0.3 is 15.1 Å². The normalized spacial score (nSPS) is 20.9. The topological polar surface area (TPSA) is 69.5 Å². The van der Waals surface area contributed by atoms with Crippen LogP contribution in [0.2, 0.25) is 5.28 Å². The van der Waals surface area contributed by atoms with E-state index >= 15 is 0 Å². The van der Waals surface area contributed by atoms with E-state index in [2.05, 4.69) is 9.97 Å². The number of aliphatic hydroxyl groups is 1. The molecule has 2 rings (SSSR count). The molecular weight excluding hydrogens is 218 g/mol. The maximum Gasteiger partial charge on any atom is 0.224 e. The highest BCUT2D eigenvalue weighted by Gasteiger charge is 2.27. The first-order valence-corrected chi connectivity index (χ1v) is 5.19. The Morgan fingerprint density at radius 1 is 1.60 bits per heavy atom. The monoisotopic (exact) mass is 229 g/mol. The maximum absolute atomic E-state index is 9.60. The van der Waals surface area contributed by atoms with Crippen molar-refractivity contribution in [3.63, 3.8) is 0 Å². The molecule has 0 aliphatic carbocycles. The molecule has 0 spiro atoms. The van der Waals surface area contributed by atoms with Crippen LogP contribution in [0, 0.1) is 0 Å². The summed E-state index contributed by atoms with van der Waals surface area (Å²) in [6, 6.07) is 0.0156. The lowest BCUT2D eigenvalue weighted by Gasteiger charge is -2.24. The van der Waals surface area contributed by atoms with Gasteiger partial charge >= 0.3 is 0 Å². The first kappa shape index (κ1) is 10.4. The van der Waals surface area contributed by atoms with Crippen LogP contribution < -0.4 is 4.90 Å². The van der Waals surface area contributed by atoms with Gasteiger partial charge in [-0.3, -0.25) is 0 Å². The molecule has 2 N–H and O–H groups in total. The lowest BCUT2D eigenvalue weighted by molar-refractivity contribution is 0.265. The summed E-state index contributed by atoms with van der Waals surface area (Å²) in [6.07, 6.45) is 3.15. The van der Waals surface area contributed by atoms with Gasteiger partial charge in [-0.2, -0.15) is 4.98 Å². The Kier molecular flexibility index (Phi) is 2.93. The van der Waals surface area contributed by atoms with Crippen molar-refractivity contribution in [2.45, 2.75) is 18.9 Å². The highest BCUT2D eigenvalue weighted by molar-refractivity contribution is 6.28. The first-order valence-electron chi connectivity index (χ1n) is 4.81. The third kappa shape index (κ3) is 1.98. The number of hydrogen-bond acceptors (Lipinski definition) is 5. The van der Waals surface area contributed by atoms with Crippen molar-refractivity contribution in [3.05, 3.63) is 11.5 Å². The summed E-state index contributed by atoms with van der Waals surface area (Å²) in [7, 11) is 0. The zero-order valence-corrected chi connectivity index (χ0v) is 8.85. The van der Waals surface area contributed by atoms with E-state index in [9.17, 15) is 5.11 Å². The van der Waals surface area contributed by atoms with Crippen LogP contribution in [0.15, 0.2) is 6.20 Å². The zero-order valence-electron chi connectivity index (χ0n) is 8.10. The summed E-state index contributed by atoms with van der Waals surface area (Å²) < 4.78 is 0. The van der Waals surface area contributed by atoms with Crippen LogP contribution in [0.3, 0.4) is 0 Å². The Morgan fingerprint density at radius 2 is 2.40 bits per heavy atom. The van der Waals surface area contributed by atoms with Gasteiger partial charge in [-0.1, -0.05) is 0 Å². The second-order valence-corrected chi connectivity index (χ2v) is 3.86. The fourth-order valence-electron chi connectivity index (χ4n) is 1.86. The molecule has 15 heavy (non-hydrogen) atoms. The number of aliphatic hydroxyl groups excluding tert-OH is 1. The second kappa shape index (κ2) is 4.20. The van der Waals surface area contributed by atoms with Crippen molar-refractivity contribution in [2.75, 3.05) is 18.1 Å². The van der Waals surface area contributed by atoms with Crippen LogP contribution in [-0.2, 0) is 0 Å². The molecule has 1 aliphatic heterocycles. The molecule has 1 fully saturated rings. The summed E-state index contributed by atoms with van der Waals surface area (Å²) >= 11 is 5.66. The van der Waals surface area contributed by atoms with Gasteiger partial charge in [-0.25, -0.2) is 4.98 Å². The lowest BCUT2D eigenvalue weighted by atomic mass is 10.2. The number of anilines is 1. The number of hydrogen-bond donors (Lipinski definition) is 2. The zero-order chi connectivity index (χ0) is 10.8. The average Bonchev–Trinajstić information content (AvgIpc) is 2.69. The first-order chi connectivity index (χ1) is 7.22. The molecule has 1 unspecified atom stereocenters. The Balaban J connectivity index is 2.31. The molecule has 0 bridgehead atoms. The van der Waals surface area contributed by atoms with Crippen LogP contribution in [0.5, 0.6) is 5.75 Å². The number of aromatic hydroxyl groups is 1. The molecule has 82 valence electrons. The fraction of sp³-hybridized carbons (Fsp3) is 0.556. The van der Waals surface area contributed by atoms with Gasteiger partial charge in [0.1, 0.15) is 0 Å². The summed E-state index contributed by atoms with van der Waals surface area (Å²) in [6.45, 7) is 0.827. The molecule has 1 aromatic rings. The van der Waals surface area contributed by atoms with Gasteiger partial charge in [0.25, 0.3) is 0 Å². The quantitative estimate of drug-likeness (QED) is 0.734. The molecule has 1 aliphatic rings. The Hall–Kier alpha value is -1.07. The summed E-state index contributed by atoms with van der Waals surface area (Å²) in [5.41, 5.74) is 0. The van der Waals surface area contributed by atoms with Gasteiger partial charge in [0.2, 0.25) is 5.28 Å². The Bertz CT molecular complexity index is 361. The standard InChI is InChI=1S/C9H12ClN3O2/c10-9-11-4-7(15)8(12-9)13-3-1-2-6(13)5-14/h4,6,14-15H,1-3,5H2. The third-order valence-corrected chi connectivity index (χ3v) is 2.76. The summed E-state index contributed by atoms with van der Waals surface area (Å²) in [5, 5.41) is 18.9. The van der Waals surface area contributed by atoms with Crippen LogP contribution in [0.1, 0.15) is 12.8 Å². The van der Waals surface area contributed by atoms with Crippen molar-refractivity contribution in [1.29, 1.82) is 0 Å². The van der Waals surface area contributed by atoms with Crippen LogP contribution in [0.4, 0.5) is 5.82 Å². The maximum atomic E-state index is 9.60. The minimum absolute atomic E-state index is 0.000231. The number of halogens is 1. The molecule has 0 saturated carbocycles. The van der Waals surface area contributed by atoms with Crippen LogP contribution in [-0.4, -0.2) is 39.4 Å². The van der Waals surface area contributed by atoms with Crippen LogP contribution >= 0.6 is 11.6 Å². The van der Waals surface area contributed by atoms with Crippen molar-refractivity contribution >= 4 is 17.4 Å². The SMILES string of the molecule is OCC1CCCN1c1nc(Cl)ncc1O. The van der Waals surface area contributed by atoms with Crippen molar-refractivity contribution in [1.82, 2.24) is 9.97 Å². The number of nitrogens with zero attached hydrogens (tertiary/aromatic N) is 3. The van der Waals surface area contributed by atoms with E-state index in [-0.39, 0.29) is 23.7 Å². The van der Waals surface area contributed by atoms with Gasteiger partial charge in [0.15, 0.2) is 11.6 Å². The van der Waals surface area contributed by atoms with Crippen molar-refractivity contribution in [3.8, 4) is 5.75 Å². The second-order valence-electron chi connectivity index (χ2n) is 3.52. The molecule has 0 aromatic carbocycles. The smallest absolute Gasteiger partial charge is 0.224 e. The van der Waals surface area contributed by atoms with E-state index in [0.29, 0.717) is 5.82 Å². The average molecular weight is 230 g/mol. The minimum atomic E-state index is -0.000231. The number of aromatic nitrogens is 2. The highest BCUT2D eigenvalue weighted by Crippen LogP contribution is 2.30. The number of rotatable bonds is 2. The van der Waals surface area contributed by atoms with E-state index in [1.807, 2.05) is 4.90 Å². The fourth-order valence-corrected chi connectivity index (χ4v) is 1.99. The molecular formula is C9H12ClN3O2. The Morgan fingerprint density at radius 3 is 3.13 bits per heavy atom. The largest absolute Gasteiger partial charge is 0.503 e. The van der Waals surface area contributed by atoms with Crippen LogP contribution in [0.25, 0.3) is 0 Å². The van der Waals surface area contributed by atoms with E-state index < -0.39 is 0 Å². The summed E-state index contributed by atoms with van der Waals surface area (Å²) in [5.74, 6) is 0.409. The van der Waals surface area contributed by atoms with E-state index in [0.717, 1.165) is 19.4 Å². The van der Waals surface area contributed by atoms with Gasteiger partial charge in [0.05, 0.1) is 18.8 Å². The van der Waals surface area contributed by atoms with E-state index in [1.165, 1.54) is 6.20 Å². The molecule has 6 heteroatoms. The third-order valence-electron chi connectivity index (χ3n) is 2.58. The molecule has 2 heterocycles. The minimum Gasteiger partial charge on any atom is -0.503 e. The Labute approximate surface area is 92.3 Å².